The normalized spacial score (nSPS) is 18.6. The number of aryl methyl sites for hydroxylation is 1. The molecule has 1 aliphatic heterocycles. The maximum Gasteiger partial charge on any atom is 0.337 e. The number of thiazole rings is 1. The molecular formula is C19H25N3O5S3. The first-order valence-electron chi connectivity index (χ1n) is 9.52. The number of carbonyl (C=O) groups excluding carboxylic acids is 2. The molecule has 8 nitrogen and oxygen atoms in total. The molecule has 2 aromatic rings. The van der Waals surface area contributed by atoms with Crippen molar-refractivity contribution >= 4 is 55.2 Å². The fourth-order valence-electron chi connectivity index (χ4n) is 3.52. The zero-order chi connectivity index (χ0) is 21.9. The fourth-order valence-corrected chi connectivity index (χ4v) is 6.10. The first-order valence-corrected chi connectivity index (χ1v) is 13.6. The third kappa shape index (κ3) is 4.96. The van der Waals surface area contributed by atoms with Gasteiger partial charge in [-0.2, -0.15) is 21.1 Å². The van der Waals surface area contributed by atoms with Crippen LogP contribution in [0.5, 0.6) is 0 Å². The molecule has 0 spiro atoms. The van der Waals surface area contributed by atoms with Gasteiger partial charge in [0.15, 0.2) is 4.80 Å². The standard InChI is InChI=1S/C19H25N3O5S3/c1-27-18(24)13-7-8-14-16(12-13)29-19(21(14)10-11-28-2)20-17(23)15-6-4-5-9-22(15)30(3,25)26/h7-8,12,15H,4-6,9-11H2,1-3H3. The summed E-state index contributed by atoms with van der Waals surface area (Å²) in [5.41, 5.74) is 1.30. The van der Waals surface area contributed by atoms with Crippen LogP contribution in [0, 0.1) is 0 Å². The van der Waals surface area contributed by atoms with Crippen LogP contribution in [0.2, 0.25) is 0 Å². The fraction of sp³-hybridized carbons (Fsp3) is 0.526. The molecule has 0 aliphatic carbocycles. The average Bonchev–Trinajstić information content (AvgIpc) is 3.06. The van der Waals surface area contributed by atoms with Gasteiger partial charge in [0, 0.05) is 18.8 Å². The van der Waals surface area contributed by atoms with E-state index in [0.29, 0.717) is 29.9 Å². The minimum Gasteiger partial charge on any atom is -0.465 e. The van der Waals surface area contributed by atoms with E-state index in [-0.39, 0.29) is 0 Å². The van der Waals surface area contributed by atoms with Crippen LogP contribution in [0.25, 0.3) is 10.2 Å². The molecule has 0 saturated carbocycles. The molecule has 1 fully saturated rings. The maximum absolute atomic E-state index is 13.0. The molecule has 1 unspecified atom stereocenters. The van der Waals surface area contributed by atoms with Gasteiger partial charge in [-0.15, -0.1) is 0 Å². The van der Waals surface area contributed by atoms with Crippen LogP contribution < -0.4 is 4.80 Å². The van der Waals surface area contributed by atoms with Gasteiger partial charge in [-0.05, 0) is 37.3 Å². The zero-order valence-electron chi connectivity index (χ0n) is 17.2. The zero-order valence-corrected chi connectivity index (χ0v) is 19.6. The summed E-state index contributed by atoms with van der Waals surface area (Å²) in [6.45, 7) is 0.984. The molecule has 1 aromatic carbocycles. The van der Waals surface area contributed by atoms with Crippen molar-refractivity contribution in [1.29, 1.82) is 0 Å². The second-order valence-electron chi connectivity index (χ2n) is 7.04. The summed E-state index contributed by atoms with van der Waals surface area (Å²) in [5, 5.41) is 0. The molecular weight excluding hydrogens is 446 g/mol. The Balaban J connectivity index is 2.06. The summed E-state index contributed by atoms with van der Waals surface area (Å²) >= 11 is 2.98. The van der Waals surface area contributed by atoms with Gasteiger partial charge in [-0.1, -0.05) is 17.8 Å². The number of ether oxygens (including phenoxy) is 1. The predicted molar refractivity (Wildman–Crippen MR) is 119 cm³/mol. The van der Waals surface area contributed by atoms with Gasteiger partial charge in [0.1, 0.15) is 6.04 Å². The van der Waals surface area contributed by atoms with Gasteiger partial charge in [0.25, 0.3) is 5.91 Å². The van der Waals surface area contributed by atoms with Crippen molar-refractivity contribution in [2.45, 2.75) is 31.8 Å². The van der Waals surface area contributed by atoms with E-state index < -0.39 is 27.9 Å². The quantitative estimate of drug-likeness (QED) is 0.599. The monoisotopic (exact) mass is 471 g/mol. The van der Waals surface area contributed by atoms with Crippen molar-refractivity contribution in [1.82, 2.24) is 8.87 Å². The van der Waals surface area contributed by atoms with Crippen LogP contribution in [-0.2, 0) is 26.1 Å². The average molecular weight is 472 g/mol. The molecule has 1 aliphatic rings. The maximum atomic E-state index is 13.0. The van der Waals surface area contributed by atoms with Crippen molar-refractivity contribution < 1.29 is 22.7 Å². The van der Waals surface area contributed by atoms with Gasteiger partial charge in [-0.25, -0.2) is 13.2 Å². The van der Waals surface area contributed by atoms with E-state index in [1.165, 1.54) is 22.8 Å². The number of fused-ring (bicyclic) bond motifs is 1. The van der Waals surface area contributed by atoms with Crippen LogP contribution in [0.4, 0.5) is 0 Å². The third-order valence-corrected chi connectivity index (χ3v) is 7.91. The highest BCUT2D eigenvalue weighted by atomic mass is 32.2. The molecule has 1 atom stereocenters. The number of rotatable bonds is 6. The Morgan fingerprint density at radius 1 is 1.33 bits per heavy atom. The summed E-state index contributed by atoms with van der Waals surface area (Å²) in [6, 6.07) is 4.48. The molecule has 1 amide bonds. The number of hydrogen-bond acceptors (Lipinski definition) is 7. The molecule has 3 rings (SSSR count). The number of sulfonamides is 1. The van der Waals surface area contributed by atoms with Gasteiger partial charge in [0.2, 0.25) is 10.0 Å². The number of carbonyl (C=O) groups is 2. The number of amides is 1. The minimum atomic E-state index is -3.48. The molecule has 0 N–H and O–H groups in total. The summed E-state index contributed by atoms with van der Waals surface area (Å²) in [6.07, 6.45) is 5.13. The highest BCUT2D eigenvalue weighted by molar-refractivity contribution is 7.98. The van der Waals surface area contributed by atoms with Crippen LogP contribution in [0.3, 0.4) is 0 Å². The number of thioether (sulfide) groups is 1. The molecule has 0 bridgehead atoms. The van der Waals surface area contributed by atoms with Gasteiger partial charge < -0.3 is 9.30 Å². The van der Waals surface area contributed by atoms with E-state index in [4.69, 9.17) is 4.74 Å². The third-order valence-electron chi connectivity index (χ3n) is 4.99. The summed E-state index contributed by atoms with van der Waals surface area (Å²) in [7, 11) is -2.15. The van der Waals surface area contributed by atoms with E-state index in [1.807, 2.05) is 16.9 Å². The van der Waals surface area contributed by atoms with E-state index in [9.17, 15) is 18.0 Å². The lowest BCUT2D eigenvalue weighted by atomic mass is 10.0. The Morgan fingerprint density at radius 2 is 2.10 bits per heavy atom. The Hall–Kier alpha value is -1.69. The van der Waals surface area contributed by atoms with E-state index >= 15 is 0 Å². The molecule has 11 heteroatoms. The van der Waals surface area contributed by atoms with E-state index in [0.717, 1.165) is 35.1 Å². The second kappa shape index (κ2) is 9.63. The smallest absolute Gasteiger partial charge is 0.337 e. The molecule has 0 radical (unpaired) electrons. The van der Waals surface area contributed by atoms with Crippen LogP contribution >= 0.6 is 23.1 Å². The summed E-state index contributed by atoms with van der Waals surface area (Å²) in [5.74, 6) is -0.0514. The van der Waals surface area contributed by atoms with Gasteiger partial charge >= 0.3 is 5.97 Å². The summed E-state index contributed by atoms with van der Waals surface area (Å²) < 4.78 is 33.0. The first kappa shape index (κ1) is 23.0. The number of methoxy groups -OCH3 is 1. The molecule has 30 heavy (non-hydrogen) atoms. The summed E-state index contributed by atoms with van der Waals surface area (Å²) in [4.78, 5) is 29.7. The SMILES string of the molecule is COC(=O)c1ccc2c(c1)sc(=NC(=O)C1CCCCN1S(C)(=O)=O)n2CCSC. The number of benzene rings is 1. The first-order chi connectivity index (χ1) is 14.3. The number of nitrogens with zero attached hydrogens (tertiary/aromatic N) is 3. The van der Waals surface area contributed by atoms with Crippen LogP contribution in [0.15, 0.2) is 23.2 Å². The van der Waals surface area contributed by atoms with E-state index in [1.54, 1.807) is 23.9 Å². The number of esters is 1. The molecule has 2 heterocycles. The van der Waals surface area contributed by atoms with Crippen LogP contribution in [0.1, 0.15) is 29.6 Å². The lowest BCUT2D eigenvalue weighted by molar-refractivity contribution is -0.122. The van der Waals surface area contributed by atoms with Gasteiger partial charge in [0.05, 0.1) is 29.1 Å². The largest absolute Gasteiger partial charge is 0.465 e. The lowest BCUT2D eigenvalue weighted by Crippen LogP contribution is -2.47. The van der Waals surface area contributed by atoms with E-state index in [2.05, 4.69) is 4.99 Å². The number of aromatic nitrogens is 1. The van der Waals surface area contributed by atoms with Crippen LogP contribution in [-0.4, -0.2) is 67.1 Å². The van der Waals surface area contributed by atoms with Gasteiger partial charge in [-0.3, -0.25) is 4.79 Å². The van der Waals surface area contributed by atoms with Crippen molar-refractivity contribution in [3.8, 4) is 0 Å². The predicted octanol–water partition coefficient (Wildman–Crippen LogP) is 2.09. The van der Waals surface area contributed by atoms with Crippen molar-refractivity contribution in [3.63, 3.8) is 0 Å². The van der Waals surface area contributed by atoms with Crippen molar-refractivity contribution in [3.05, 3.63) is 28.6 Å². The number of piperidine rings is 1. The minimum absolute atomic E-state index is 0.339. The highest BCUT2D eigenvalue weighted by Gasteiger charge is 2.34. The Labute approximate surface area is 184 Å². The number of hydrogen-bond donors (Lipinski definition) is 0. The molecule has 1 saturated heterocycles. The Bertz CT molecular complexity index is 1120. The van der Waals surface area contributed by atoms with Crippen molar-refractivity contribution in [2.24, 2.45) is 4.99 Å². The highest BCUT2D eigenvalue weighted by Crippen LogP contribution is 2.23. The lowest BCUT2D eigenvalue weighted by Gasteiger charge is -2.31. The Kier molecular flexibility index (Phi) is 7.38. The molecule has 1 aromatic heterocycles. The van der Waals surface area contributed by atoms with Crippen molar-refractivity contribution in [2.75, 3.05) is 31.9 Å². The second-order valence-corrected chi connectivity index (χ2v) is 11.0. The Morgan fingerprint density at radius 3 is 2.77 bits per heavy atom. The molecule has 164 valence electrons. The topological polar surface area (TPSA) is 98.0 Å².